The summed E-state index contributed by atoms with van der Waals surface area (Å²) >= 11 is 3.43. The highest BCUT2D eigenvalue weighted by Gasteiger charge is 2.03. The number of hydrogen-bond acceptors (Lipinski definition) is 3. The molecule has 17 heavy (non-hydrogen) atoms. The molecular weight excluding hydrogens is 278 g/mol. The van der Waals surface area contributed by atoms with E-state index >= 15 is 0 Å². The summed E-state index contributed by atoms with van der Waals surface area (Å²) in [6, 6.07) is 10.1. The molecule has 1 N–H and O–H groups in total. The number of nitrogens with zero attached hydrogens (tertiary/aromatic N) is 2. The van der Waals surface area contributed by atoms with Gasteiger partial charge in [-0.05, 0) is 32.0 Å². The van der Waals surface area contributed by atoms with E-state index in [1.54, 1.807) is 0 Å². The Morgan fingerprint density at radius 3 is 2.53 bits per heavy atom. The van der Waals surface area contributed by atoms with Gasteiger partial charge >= 0.3 is 0 Å². The summed E-state index contributed by atoms with van der Waals surface area (Å²) in [7, 11) is 0. The Bertz CT molecular complexity index is 509. The molecule has 0 radical (unpaired) electrons. The predicted molar refractivity (Wildman–Crippen MR) is 74.1 cm³/mol. The minimum Gasteiger partial charge on any atom is -0.354 e. The van der Waals surface area contributed by atoms with Gasteiger partial charge in [-0.15, -0.1) is 0 Å². The van der Waals surface area contributed by atoms with E-state index in [-0.39, 0.29) is 0 Å². The zero-order valence-corrected chi connectivity index (χ0v) is 11.5. The molecule has 1 heterocycles. The number of aryl methyl sites for hydroxylation is 1. The third-order valence-corrected chi connectivity index (χ3v) is 2.86. The number of benzene rings is 1. The SMILES string of the molecule is CCNc1nc(C)cc(-c2ccc(Br)cc2)n1. The molecule has 2 rings (SSSR count). The van der Waals surface area contributed by atoms with Gasteiger partial charge in [-0.3, -0.25) is 0 Å². The van der Waals surface area contributed by atoms with E-state index in [0.29, 0.717) is 5.95 Å². The molecule has 88 valence electrons. The van der Waals surface area contributed by atoms with Crippen molar-refractivity contribution in [3.8, 4) is 11.3 Å². The number of anilines is 1. The number of rotatable bonds is 3. The monoisotopic (exact) mass is 291 g/mol. The molecule has 2 aromatic rings. The maximum absolute atomic E-state index is 4.49. The van der Waals surface area contributed by atoms with Crippen molar-refractivity contribution in [3.63, 3.8) is 0 Å². The number of aromatic nitrogens is 2. The molecule has 0 amide bonds. The van der Waals surface area contributed by atoms with Crippen molar-refractivity contribution < 1.29 is 0 Å². The molecule has 1 aromatic heterocycles. The molecule has 0 fully saturated rings. The second kappa shape index (κ2) is 5.27. The summed E-state index contributed by atoms with van der Waals surface area (Å²) < 4.78 is 1.07. The lowest BCUT2D eigenvalue weighted by molar-refractivity contribution is 1.06. The van der Waals surface area contributed by atoms with E-state index in [1.807, 2.05) is 44.2 Å². The molecule has 0 spiro atoms. The zero-order valence-electron chi connectivity index (χ0n) is 9.87. The van der Waals surface area contributed by atoms with Gasteiger partial charge in [0.1, 0.15) is 0 Å². The van der Waals surface area contributed by atoms with E-state index in [1.165, 1.54) is 0 Å². The van der Waals surface area contributed by atoms with E-state index in [2.05, 4.69) is 31.2 Å². The molecule has 3 nitrogen and oxygen atoms in total. The van der Waals surface area contributed by atoms with Crippen LogP contribution >= 0.6 is 15.9 Å². The van der Waals surface area contributed by atoms with Crippen molar-refractivity contribution in [2.24, 2.45) is 0 Å². The van der Waals surface area contributed by atoms with Crippen LogP contribution in [0.3, 0.4) is 0 Å². The van der Waals surface area contributed by atoms with Crippen LogP contribution in [0.1, 0.15) is 12.6 Å². The highest BCUT2D eigenvalue weighted by Crippen LogP contribution is 2.21. The van der Waals surface area contributed by atoms with Crippen LogP contribution in [0.25, 0.3) is 11.3 Å². The topological polar surface area (TPSA) is 37.8 Å². The largest absolute Gasteiger partial charge is 0.354 e. The van der Waals surface area contributed by atoms with Crippen molar-refractivity contribution in [1.82, 2.24) is 9.97 Å². The van der Waals surface area contributed by atoms with Crippen LogP contribution in [0.2, 0.25) is 0 Å². The van der Waals surface area contributed by atoms with Gasteiger partial charge in [0.2, 0.25) is 5.95 Å². The fourth-order valence-corrected chi connectivity index (χ4v) is 1.84. The van der Waals surface area contributed by atoms with Gasteiger partial charge in [-0.2, -0.15) is 0 Å². The lowest BCUT2D eigenvalue weighted by atomic mass is 10.1. The smallest absolute Gasteiger partial charge is 0.223 e. The van der Waals surface area contributed by atoms with E-state index in [4.69, 9.17) is 0 Å². The number of hydrogen-bond donors (Lipinski definition) is 1. The maximum Gasteiger partial charge on any atom is 0.223 e. The van der Waals surface area contributed by atoms with Crippen LogP contribution in [-0.2, 0) is 0 Å². The van der Waals surface area contributed by atoms with Crippen molar-refractivity contribution in [3.05, 3.63) is 40.5 Å². The van der Waals surface area contributed by atoms with Gasteiger partial charge in [-0.25, -0.2) is 9.97 Å². The van der Waals surface area contributed by atoms with Crippen LogP contribution in [0.4, 0.5) is 5.95 Å². The first kappa shape index (κ1) is 12.0. The average molecular weight is 292 g/mol. The fourth-order valence-electron chi connectivity index (χ4n) is 1.57. The predicted octanol–water partition coefficient (Wildman–Crippen LogP) is 3.65. The molecule has 0 saturated heterocycles. The summed E-state index contributed by atoms with van der Waals surface area (Å²) in [5.74, 6) is 0.686. The molecule has 0 aliphatic heterocycles. The number of nitrogens with one attached hydrogen (secondary N) is 1. The van der Waals surface area contributed by atoms with Crippen LogP contribution in [0.15, 0.2) is 34.8 Å². The quantitative estimate of drug-likeness (QED) is 0.938. The first-order valence-corrected chi connectivity index (χ1v) is 6.34. The molecular formula is C13H14BrN3. The van der Waals surface area contributed by atoms with Crippen LogP contribution in [0.5, 0.6) is 0 Å². The Balaban J connectivity index is 2.40. The first-order chi connectivity index (χ1) is 8.19. The third-order valence-electron chi connectivity index (χ3n) is 2.33. The van der Waals surface area contributed by atoms with Gasteiger partial charge < -0.3 is 5.32 Å². The molecule has 1 aromatic carbocycles. The van der Waals surface area contributed by atoms with Gasteiger partial charge in [0.25, 0.3) is 0 Å². The van der Waals surface area contributed by atoms with Gasteiger partial charge in [-0.1, -0.05) is 28.1 Å². The van der Waals surface area contributed by atoms with Crippen molar-refractivity contribution in [2.45, 2.75) is 13.8 Å². The Labute approximate surface area is 109 Å². The number of halogens is 1. The lowest BCUT2D eigenvalue weighted by Crippen LogP contribution is -2.03. The minimum absolute atomic E-state index is 0.686. The van der Waals surface area contributed by atoms with Gasteiger partial charge in [0.15, 0.2) is 0 Å². The van der Waals surface area contributed by atoms with Crippen molar-refractivity contribution in [1.29, 1.82) is 0 Å². The maximum atomic E-state index is 4.49. The summed E-state index contributed by atoms with van der Waals surface area (Å²) in [6.45, 7) is 4.83. The summed E-state index contributed by atoms with van der Waals surface area (Å²) in [6.07, 6.45) is 0. The zero-order chi connectivity index (χ0) is 12.3. The standard InChI is InChI=1S/C13H14BrN3/c1-3-15-13-16-9(2)8-12(17-13)10-4-6-11(14)7-5-10/h4-8H,3H2,1-2H3,(H,15,16,17). The summed E-state index contributed by atoms with van der Waals surface area (Å²) in [5.41, 5.74) is 3.01. The molecule has 4 heteroatoms. The Morgan fingerprint density at radius 1 is 1.18 bits per heavy atom. The first-order valence-electron chi connectivity index (χ1n) is 5.54. The molecule has 0 atom stereocenters. The summed E-state index contributed by atoms with van der Waals surface area (Å²) in [5, 5.41) is 3.14. The van der Waals surface area contributed by atoms with E-state index < -0.39 is 0 Å². The Kier molecular flexibility index (Phi) is 3.74. The Hall–Kier alpha value is -1.42. The second-order valence-corrected chi connectivity index (χ2v) is 4.67. The highest BCUT2D eigenvalue weighted by atomic mass is 79.9. The molecule has 0 aliphatic carbocycles. The second-order valence-electron chi connectivity index (χ2n) is 3.76. The summed E-state index contributed by atoms with van der Waals surface area (Å²) in [4.78, 5) is 8.82. The van der Waals surface area contributed by atoms with Crippen LogP contribution in [0, 0.1) is 6.92 Å². The van der Waals surface area contributed by atoms with Crippen LogP contribution < -0.4 is 5.32 Å². The third kappa shape index (κ3) is 3.03. The van der Waals surface area contributed by atoms with Gasteiger partial charge in [0, 0.05) is 22.3 Å². The highest BCUT2D eigenvalue weighted by molar-refractivity contribution is 9.10. The Morgan fingerprint density at radius 2 is 1.88 bits per heavy atom. The molecule has 0 saturated carbocycles. The van der Waals surface area contributed by atoms with Crippen molar-refractivity contribution >= 4 is 21.9 Å². The molecule has 0 unspecified atom stereocenters. The van der Waals surface area contributed by atoms with Gasteiger partial charge in [0.05, 0.1) is 5.69 Å². The average Bonchev–Trinajstić information content (AvgIpc) is 2.29. The molecule has 0 aliphatic rings. The van der Waals surface area contributed by atoms with Crippen LogP contribution in [-0.4, -0.2) is 16.5 Å². The lowest BCUT2D eigenvalue weighted by Gasteiger charge is -2.06. The van der Waals surface area contributed by atoms with E-state index in [0.717, 1.165) is 28.0 Å². The fraction of sp³-hybridized carbons (Fsp3) is 0.231. The molecule has 0 bridgehead atoms. The van der Waals surface area contributed by atoms with E-state index in [9.17, 15) is 0 Å². The van der Waals surface area contributed by atoms with Crippen molar-refractivity contribution in [2.75, 3.05) is 11.9 Å². The normalized spacial score (nSPS) is 10.3. The minimum atomic E-state index is 0.686.